The smallest absolute Gasteiger partial charge is 0.333 e. The first-order chi connectivity index (χ1) is 14.0. The van der Waals surface area contributed by atoms with Crippen molar-refractivity contribution >= 4 is 5.97 Å². The summed E-state index contributed by atoms with van der Waals surface area (Å²) in [5.74, 6) is -0.210. The summed E-state index contributed by atoms with van der Waals surface area (Å²) in [6.45, 7) is 6.86. The number of aryl methyl sites for hydroxylation is 1. The number of ether oxygens (including phenoxy) is 1. The molecule has 2 aromatic rings. The molecule has 2 N–H and O–H groups in total. The molecule has 0 spiro atoms. The van der Waals surface area contributed by atoms with E-state index < -0.39 is 5.97 Å². The van der Waals surface area contributed by atoms with Crippen LogP contribution in [0.2, 0.25) is 0 Å². The lowest BCUT2D eigenvalue weighted by molar-refractivity contribution is -0.132. The van der Waals surface area contributed by atoms with Gasteiger partial charge in [-0.15, -0.1) is 0 Å². The zero-order valence-corrected chi connectivity index (χ0v) is 17.4. The first kappa shape index (κ1) is 22.4. The molecule has 0 aliphatic heterocycles. The molecule has 6 heteroatoms. The Morgan fingerprint density at radius 3 is 2.38 bits per heavy atom. The van der Waals surface area contributed by atoms with Crippen molar-refractivity contribution in [3.05, 3.63) is 70.7 Å². The number of aliphatic carboxylic acids is 1. The molecule has 29 heavy (non-hydrogen) atoms. The molecule has 0 saturated carbocycles. The minimum Gasteiger partial charge on any atom is -0.493 e. The highest BCUT2D eigenvalue weighted by Crippen LogP contribution is 2.17. The Bertz CT molecular complexity index is 799. The van der Waals surface area contributed by atoms with E-state index >= 15 is 0 Å². The molecule has 0 fully saturated rings. The normalized spacial score (nSPS) is 11.7. The van der Waals surface area contributed by atoms with Crippen LogP contribution in [0.25, 0.3) is 0 Å². The van der Waals surface area contributed by atoms with Gasteiger partial charge < -0.3 is 9.84 Å². The number of carboxylic acid groups (broad SMARTS) is 1. The minimum absolute atomic E-state index is 0.274. The van der Waals surface area contributed by atoms with Gasteiger partial charge in [0.1, 0.15) is 5.75 Å². The molecule has 0 aliphatic carbocycles. The van der Waals surface area contributed by atoms with Crippen molar-refractivity contribution in [2.75, 3.05) is 13.2 Å². The van der Waals surface area contributed by atoms with Crippen molar-refractivity contribution in [1.82, 2.24) is 10.5 Å². The fraction of sp³-hybridized carbons (Fsp3) is 0.391. The van der Waals surface area contributed by atoms with Crippen molar-refractivity contribution in [1.29, 1.82) is 0 Å². The Balaban J connectivity index is 1.89. The molecule has 156 valence electrons. The van der Waals surface area contributed by atoms with E-state index in [1.165, 1.54) is 5.56 Å². The van der Waals surface area contributed by atoms with Gasteiger partial charge in [-0.3, -0.25) is 15.3 Å². The van der Waals surface area contributed by atoms with E-state index in [0.29, 0.717) is 25.3 Å². The van der Waals surface area contributed by atoms with Gasteiger partial charge in [0.15, 0.2) is 0 Å². The molecular formula is C23H30N2O4. The number of pyridine rings is 1. The highest BCUT2D eigenvalue weighted by atomic mass is 16.6. The monoisotopic (exact) mass is 398 g/mol. The van der Waals surface area contributed by atoms with E-state index in [4.69, 9.17) is 9.57 Å². The third-order valence-corrected chi connectivity index (χ3v) is 4.47. The van der Waals surface area contributed by atoms with Gasteiger partial charge >= 0.3 is 5.97 Å². The van der Waals surface area contributed by atoms with Gasteiger partial charge in [-0.05, 0) is 49.1 Å². The predicted molar refractivity (Wildman–Crippen MR) is 113 cm³/mol. The zero-order chi connectivity index (χ0) is 21.1. The minimum atomic E-state index is -0.961. The Hall–Kier alpha value is -2.86. The van der Waals surface area contributed by atoms with Gasteiger partial charge in [-0.2, -0.15) is 0 Å². The second kappa shape index (κ2) is 11.9. The molecule has 0 amide bonds. The maximum Gasteiger partial charge on any atom is 0.333 e. The first-order valence-corrected chi connectivity index (χ1v) is 9.99. The van der Waals surface area contributed by atoms with Gasteiger partial charge in [0.05, 0.1) is 18.8 Å². The standard InChI is InChI=1S/C23H30N2O4/c1-4-13-29-25-17(3)22(23(26)27)15-19-7-10-21(11-8-19)28-14-12-20-9-6-18(5-2)16-24-20/h6-11,16,25H,4-5,12-15H2,1-3H3,(H,26,27). The van der Waals surface area contributed by atoms with Gasteiger partial charge in [-0.25, -0.2) is 4.79 Å². The van der Waals surface area contributed by atoms with Crippen LogP contribution < -0.4 is 10.2 Å². The molecule has 1 heterocycles. The SMILES string of the molecule is CCCONC(C)=C(Cc1ccc(OCCc2ccc(CC)cn2)cc1)C(=O)O. The van der Waals surface area contributed by atoms with E-state index in [9.17, 15) is 9.90 Å². The van der Waals surface area contributed by atoms with Crippen LogP contribution in [0.4, 0.5) is 0 Å². The molecule has 0 aliphatic rings. The molecular weight excluding hydrogens is 368 g/mol. The maximum absolute atomic E-state index is 11.6. The third kappa shape index (κ3) is 7.58. The van der Waals surface area contributed by atoms with Gasteiger partial charge in [-0.1, -0.05) is 32.0 Å². The number of hydrogen-bond acceptors (Lipinski definition) is 5. The van der Waals surface area contributed by atoms with Crippen LogP contribution >= 0.6 is 0 Å². The highest BCUT2D eigenvalue weighted by molar-refractivity contribution is 5.87. The molecule has 2 rings (SSSR count). The summed E-state index contributed by atoms with van der Waals surface area (Å²) < 4.78 is 5.79. The summed E-state index contributed by atoms with van der Waals surface area (Å²) in [4.78, 5) is 21.2. The third-order valence-electron chi connectivity index (χ3n) is 4.47. The summed E-state index contributed by atoms with van der Waals surface area (Å²) in [6, 6.07) is 11.6. The van der Waals surface area contributed by atoms with Crippen LogP contribution in [0.1, 0.15) is 44.0 Å². The van der Waals surface area contributed by atoms with Crippen molar-refractivity contribution in [3.63, 3.8) is 0 Å². The number of carboxylic acids is 1. The quantitative estimate of drug-likeness (QED) is 0.318. The first-order valence-electron chi connectivity index (χ1n) is 9.99. The number of benzene rings is 1. The molecule has 0 radical (unpaired) electrons. The zero-order valence-electron chi connectivity index (χ0n) is 17.4. The second-order valence-electron chi connectivity index (χ2n) is 6.79. The van der Waals surface area contributed by atoms with E-state index in [1.54, 1.807) is 6.92 Å². The maximum atomic E-state index is 11.6. The van der Waals surface area contributed by atoms with Gasteiger partial charge in [0.25, 0.3) is 0 Å². The van der Waals surface area contributed by atoms with Crippen LogP contribution in [0, 0.1) is 0 Å². The second-order valence-corrected chi connectivity index (χ2v) is 6.79. The van der Waals surface area contributed by atoms with Crippen LogP contribution in [0.15, 0.2) is 53.9 Å². The molecule has 1 aromatic heterocycles. The Morgan fingerprint density at radius 2 is 1.79 bits per heavy atom. The highest BCUT2D eigenvalue weighted by Gasteiger charge is 2.13. The Kier molecular flexibility index (Phi) is 9.18. The van der Waals surface area contributed by atoms with Crippen molar-refractivity contribution < 1.29 is 19.5 Å². The number of hydrogen-bond donors (Lipinski definition) is 2. The number of rotatable bonds is 12. The number of nitrogens with zero attached hydrogens (tertiary/aromatic N) is 1. The number of hydroxylamine groups is 1. The summed E-state index contributed by atoms with van der Waals surface area (Å²) in [5, 5.41) is 9.49. The molecule has 6 nitrogen and oxygen atoms in total. The van der Waals surface area contributed by atoms with E-state index in [1.807, 2.05) is 43.5 Å². The van der Waals surface area contributed by atoms with E-state index in [2.05, 4.69) is 23.5 Å². The van der Waals surface area contributed by atoms with E-state index in [-0.39, 0.29) is 5.57 Å². The lowest BCUT2D eigenvalue weighted by Crippen LogP contribution is -2.18. The van der Waals surface area contributed by atoms with E-state index in [0.717, 1.165) is 36.3 Å². The van der Waals surface area contributed by atoms with Crippen LogP contribution in [-0.2, 0) is 28.9 Å². The average Bonchev–Trinajstić information content (AvgIpc) is 2.73. The Morgan fingerprint density at radius 1 is 1.07 bits per heavy atom. The largest absolute Gasteiger partial charge is 0.493 e. The number of aromatic nitrogens is 1. The molecule has 1 aromatic carbocycles. The summed E-state index contributed by atoms with van der Waals surface area (Å²) in [5.41, 5.74) is 6.62. The van der Waals surface area contributed by atoms with Crippen LogP contribution in [0.5, 0.6) is 5.75 Å². The lowest BCUT2D eigenvalue weighted by atomic mass is 10.0. The molecule has 0 bridgehead atoms. The molecule has 0 saturated heterocycles. The topological polar surface area (TPSA) is 80.7 Å². The van der Waals surface area contributed by atoms with Crippen LogP contribution in [0.3, 0.4) is 0 Å². The van der Waals surface area contributed by atoms with Crippen molar-refractivity contribution in [2.45, 2.75) is 46.5 Å². The predicted octanol–water partition coefficient (Wildman–Crippen LogP) is 4.10. The van der Waals surface area contributed by atoms with Gasteiger partial charge in [0.2, 0.25) is 0 Å². The number of nitrogens with one attached hydrogen (secondary N) is 1. The summed E-state index contributed by atoms with van der Waals surface area (Å²) in [7, 11) is 0. The number of carbonyl (C=O) groups is 1. The fourth-order valence-electron chi connectivity index (χ4n) is 2.68. The lowest BCUT2D eigenvalue weighted by Gasteiger charge is -2.12. The molecule has 0 unspecified atom stereocenters. The Labute approximate surface area is 172 Å². The van der Waals surface area contributed by atoms with Crippen molar-refractivity contribution in [3.8, 4) is 5.75 Å². The average molecular weight is 399 g/mol. The summed E-state index contributed by atoms with van der Waals surface area (Å²) in [6.07, 6.45) is 4.78. The van der Waals surface area contributed by atoms with Crippen molar-refractivity contribution in [2.24, 2.45) is 0 Å². The fourth-order valence-corrected chi connectivity index (χ4v) is 2.68. The van der Waals surface area contributed by atoms with Crippen LogP contribution in [-0.4, -0.2) is 29.3 Å². The number of allylic oxidation sites excluding steroid dienone is 1. The van der Waals surface area contributed by atoms with Gasteiger partial charge in [0, 0.05) is 30.4 Å². The summed E-state index contributed by atoms with van der Waals surface area (Å²) >= 11 is 0. The molecule has 0 atom stereocenters.